The highest BCUT2D eigenvalue weighted by Gasteiger charge is 2.12. The first-order valence-electron chi connectivity index (χ1n) is 5.77. The Morgan fingerprint density at radius 2 is 2.00 bits per heavy atom. The summed E-state index contributed by atoms with van der Waals surface area (Å²) in [6.07, 6.45) is 0. The Labute approximate surface area is 120 Å². The molecule has 2 amide bonds. The van der Waals surface area contributed by atoms with E-state index >= 15 is 0 Å². The average Bonchev–Trinajstić information content (AvgIpc) is 2.43. The molecule has 0 heterocycles. The van der Waals surface area contributed by atoms with Gasteiger partial charge in [0.25, 0.3) is 11.8 Å². The first-order chi connectivity index (χ1) is 9.54. The number of benzene rings is 1. The number of hydrogen-bond donors (Lipinski definition) is 3. The van der Waals surface area contributed by atoms with Crippen LogP contribution in [-0.4, -0.2) is 30.1 Å². The molecule has 0 aliphatic heterocycles. The predicted molar refractivity (Wildman–Crippen MR) is 74.2 cm³/mol. The number of hydrazine groups is 1. The number of carbonyl (C=O) groups excluding carboxylic acids is 2. The first-order valence-corrected chi connectivity index (χ1v) is 6.17. The molecule has 8 heteroatoms. The highest BCUT2D eigenvalue weighted by molar-refractivity contribution is 7.80. The molecule has 0 aliphatic rings. The van der Waals surface area contributed by atoms with E-state index in [1.165, 1.54) is 18.2 Å². The molecular weight excluding hydrogens is 285 g/mol. The van der Waals surface area contributed by atoms with Crippen molar-refractivity contribution >= 4 is 29.1 Å². The van der Waals surface area contributed by atoms with E-state index in [1.54, 1.807) is 6.92 Å². The fraction of sp³-hybridized carbons (Fsp3) is 0.250. The molecule has 0 atom stereocenters. The Hall–Kier alpha value is -2.06. The highest BCUT2D eigenvalue weighted by Crippen LogP contribution is 2.05. The maximum Gasteiger partial charge on any atom is 0.264 e. The second-order valence-corrected chi connectivity index (χ2v) is 3.98. The number of ether oxygens (including phenoxy) is 1. The molecule has 3 N–H and O–H groups in total. The van der Waals surface area contributed by atoms with E-state index in [0.29, 0.717) is 6.61 Å². The van der Waals surface area contributed by atoms with Gasteiger partial charge in [0.15, 0.2) is 5.11 Å². The molecule has 0 saturated heterocycles. The van der Waals surface area contributed by atoms with Crippen molar-refractivity contribution in [2.24, 2.45) is 0 Å². The van der Waals surface area contributed by atoms with Crippen molar-refractivity contribution in [3.8, 4) is 0 Å². The summed E-state index contributed by atoms with van der Waals surface area (Å²) in [5.74, 6) is -1.82. The molecule has 1 aromatic rings. The van der Waals surface area contributed by atoms with Gasteiger partial charge in [-0.25, -0.2) is 4.39 Å². The van der Waals surface area contributed by atoms with Crippen molar-refractivity contribution in [3.63, 3.8) is 0 Å². The molecular formula is C12H14FN3O3S. The SMILES string of the molecule is CCOCC(=O)NNC(=S)NC(=O)c1ccccc1F. The topological polar surface area (TPSA) is 79.5 Å². The van der Waals surface area contributed by atoms with Crippen molar-refractivity contribution in [1.82, 2.24) is 16.2 Å². The van der Waals surface area contributed by atoms with Crippen LogP contribution in [0.2, 0.25) is 0 Å². The predicted octanol–water partition coefficient (Wildman–Crippen LogP) is 0.498. The Balaban J connectivity index is 2.41. The maximum atomic E-state index is 13.3. The van der Waals surface area contributed by atoms with Crippen molar-refractivity contribution in [2.75, 3.05) is 13.2 Å². The molecule has 0 bridgehead atoms. The van der Waals surface area contributed by atoms with Crippen LogP contribution in [0.4, 0.5) is 4.39 Å². The zero-order chi connectivity index (χ0) is 15.0. The Kier molecular flexibility index (Phi) is 6.54. The number of thiocarbonyl (C=S) groups is 1. The Morgan fingerprint density at radius 1 is 1.30 bits per heavy atom. The lowest BCUT2D eigenvalue weighted by molar-refractivity contribution is -0.126. The monoisotopic (exact) mass is 299 g/mol. The normalized spacial score (nSPS) is 9.70. The third-order valence-electron chi connectivity index (χ3n) is 2.10. The second-order valence-electron chi connectivity index (χ2n) is 3.57. The van der Waals surface area contributed by atoms with Crippen molar-refractivity contribution in [3.05, 3.63) is 35.6 Å². The molecule has 0 spiro atoms. The molecule has 0 fully saturated rings. The summed E-state index contributed by atoms with van der Waals surface area (Å²) in [6, 6.07) is 5.48. The lowest BCUT2D eigenvalue weighted by atomic mass is 10.2. The molecule has 0 aliphatic carbocycles. The van der Waals surface area contributed by atoms with Crippen LogP contribution in [0, 0.1) is 5.82 Å². The van der Waals surface area contributed by atoms with Crippen LogP contribution >= 0.6 is 12.2 Å². The molecule has 0 saturated carbocycles. The number of carbonyl (C=O) groups is 2. The van der Waals surface area contributed by atoms with E-state index in [0.717, 1.165) is 6.07 Å². The van der Waals surface area contributed by atoms with E-state index in [1.807, 2.05) is 0 Å². The number of hydrogen-bond acceptors (Lipinski definition) is 4. The van der Waals surface area contributed by atoms with Crippen molar-refractivity contribution in [1.29, 1.82) is 0 Å². The van der Waals surface area contributed by atoms with Gasteiger partial charge in [-0.2, -0.15) is 0 Å². The zero-order valence-corrected chi connectivity index (χ0v) is 11.6. The summed E-state index contributed by atoms with van der Waals surface area (Å²) in [6.45, 7) is 2.02. The van der Waals surface area contributed by atoms with E-state index in [2.05, 4.69) is 16.2 Å². The number of halogens is 1. The second kappa shape index (κ2) is 8.18. The smallest absolute Gasteiger partial charge is 0.264 e. The van der Waals surface area contributed by atoms with Gasteiger partial charge in [-0.05, 0) is 31.3 Å². The van der Waals surface area contributed by atoms with Gasteiger partial charge in [0, 0.05) is 6.61 Å². The summed E-state index contributed by atoms with van der Waals surface area (Å²) < 4.78 is 18.2. The molecule has 0 radical (unpaired) electrons. The van der Waals surface area contributed by atoms with Gasteiger partial charge in [0.2, 0.25) is 0 Å². The van der Waals surface area contributed by atoms with E-state index in [9.17, 15) is 14.0 Å². The molecule has 6 nitrogen and oxygen atoms in total. The minimum Gasteiger partial charge on any atom is -0.372 e. The Bertz CT molecular complexity index is 510. The van der Waals surface area contributed by atoms with Crippen LogP contribution in [-0.2, 0) is 9.53 Å². The molecule has 20 heavy (non-hydrogen) atoms. The van der Waals surface area contributed by atoms with Crippen LogP contribution in [0.25, 0.3) is 0 Å². The largest absolute Gasteiger partial charge is 0.372 e. The lowest BCUT2D eigenvalue weighted by Crippen LogP contribution is -2.49. The molecule has 108 valence electrons. The third kappa shape index (κ3) is 5.29. The third-order valence-corrected chi connectivity index (χ3v) is 2.30. The summed E-state index contributed by atoms with van der Waals surface area (Å²) in [5.41, 5.74) is 4.39. The van der Waals surface area contributed by atoms with Gasteiger partial charge >= 0.3 is 0 Å². The van der Waals surface area contributed by atoms with E-state index in [-0.39, 0.29) is 17.3 Å². The zero-order valence-electron chi connectivity index (χ0n) is 10.7. The summed E-state index contributed by atoms with van der Waals surface area (Å²) >= 11 is 4.78. The van der Waals surface area contributed by atoms with Gasteiger partial charge in [-0.15, -0.1) is 0 Å². The molecule has 0 unspecified atom stereocenters. The van der Waals surface area contributed by atoms with Gasteiger partial charge < -0.3 is 4.74 Å². The number of nitrogens with one attached hydrogen (secondary N) is 3. The number of rotatable bonds is 4. The lowest BCUT2D eigenvalue weighted by Gasteiger charge is -2.10. The van der Waals surface area contributed by atoms with Crippen molar-refractivity contribution in [2.45, 2.75) is 6.92 Å². The minimum atomic E-state index is -0.709. The molecule has 1 aromatic carbocycles. The summed E-state index contributed by atoms with van der Waals surface area (Å²) in [7, 11) is 0. The van der Waals surface area contributed by atoms with Crippen LogP contribution in [0.1, 0.15) is 17.3 Å². The van der Waals surface area contributed by atoms with Crippen molar-refractivity contribution < 1.29 is 18.7 Å². The summed E-state index contributed by atoms with van der Waals surface area (Å²) in [5, 5.41) is 2.08. The maximum absolute atomic E-state index is 13.3. The van der Waals surface area contributed by atoms with Crippen LogP contribution in [0.3, 0.4) is 0 Å². The van der Waals surface area contributed by atoms with Crippen LogP contribution < -0.4 is 16.2 Å². The average molecular weight is 299 g/mol. The summed E-state index contributed by atoms with van der Waals surface area (Å²) in [4.78, 5) is 22.9. The fourth-order valence-electron chi connectivity index (χ4n) is 1.20. The fourth-order valence-corrected chi connectivity index (χ4v) is 1.35. The molecule has 1 rings (SSSR count). The quantitative estimate of drug-likeness (QED) is 0.557. The minimum absolute atomic E-state index is 0.132. The first kappa shape index (κ1) is 16.0. The van der Waals surface area contributed by atoms with Crippen LogP contribution in [0.5, 0.6) is 0 Å². The van der Waals surface area contributed by atoms with E-state index in [4.69, 9.17) is 17.0 Å². The van der Waals surface area contributed by atoms with Crippen LogP contribution in [0.15, 0.2) is 24.3 Å². The Morgan fingerprint density at radius 3 is 2.65 bits per heavy atom. The van der Waals surface area contributed by atoms with Gasteiger partial charge in [0.1, 0.15) is 12.4 Å². The standard InChI is InChI=1S/C12H14FN3O3S/c1-2-19-7-10(17)15-16-12(20)14-11(18)8-5-3-4-6-9(8)13/h3-6H,2,7H2,1H3,(H,15,17)(H2,14,16,18,20). The number of amides is 2. The van der Waals surface area contributed by atoms with Gasteiger partial charge in [-0.3, -0.25) is 25.8 Å². The van der Waals surface area contributed by atoms with Gasteiger partial charge in [-0.1, -0.05) is 12.1 Å². The molecule has 0 aromatic heterocycles. The van der Waals surface area contributed by atoms with Gasteiger partial charge in [0.05, 0.1) is 5.56 Å². The highest BCUT2D eigenvalue weighted by atomic mass is 32.1. The van der Waals surface area contributed by atoms with E-state index < -0.39 is 17.6 Å².